The van der Waals surface area contributed by atoms with Gasteiger partial charge in [-0.2, -0.15) is 4.99 Å². The number of halogens is 2. The van der Waals surface area contributed by atoms with Crippen molar-refractivity contribution >= 4 is 27.7 Å². The molecule has 3 nitrogen and oxygen atoms in total. The Bertz CT molecular complexity index is 834. The van der Waals surface area contributed by atoms with E-state index in [1.165, 1.54) is 11.6 Å². The van der Waals surface area contributed by atoms with Crippen molar-refractivity contribution in [3.8, 4) is 0 Å². The standard InChI is InChI=1S/C18H14BrFN2O/c19-14-9-11(6-8-15(14)20)16-13-7-5-10-3-1-2-4-12(10)17(13)22-18(23)21-16/h1-4,6,8-9,13,16H,5,7H2,(H,21,23). The van der Waals surface area contributed by atoms with Crippen LogP contribution < -0.4 is 5.32 Å². The summed E-state index contributed by atoms with van der Waals surface area (Å²) in [6.07, 6.45) is 1.87. The summed E-state index contributed by atoms with van der Waals surface area (Å²) >= 11 is 3.22. The highest BCUT2D eigenvalue weighted by Crippen LogP contribution is 2.37. The summed E-state index contributed by atoms with van der Waals surface area (Å²) in [5, 5.41) is 2.94. The van der Waals surface area contributed by atoms with E-state index < -0.39 is 0 Å². The summed E-state index contributed by atoms with van der Waals surface area (Å²) in [5.74, 6) is -0.196. The third-order valence-corrected chi connectivity index (χ3v) is 5.18. The van der Waals surface area contributed by atoms with Crippen molar-refractivity contribution in [3.05, 3.63) is 69.4 Å². The molecule has 2 atom stereocenters. The molecule has 116 valence electrons. The van der Waals surface area contributed by atoms with Crippen molar-refractivity contribution in [2.45, 2.75) is 18.9 Å². The highest BCUT2D eigenvalue weighted by molar-refractivity contribution is 9.10. The predicted molar refractivity (Wildman–Crippen MR) is 90.2 cm³/mol. The van der Waals surface area contributed by atoms with Crippen molar-refractivity contribution in [2.24, 2.45) is 10.9 Å². The average Bonchev–Trinajstić information content (AvgIpc) is 2.56. The molecule has 4 rings (SSSR count). The minimum atomic E-state index is -0.335. The number of fused-ring (bicyclic) bond motifs is 3. The van der Waals surface area contributed by atoms with Gasteiger partial charge in [0, 0.05) is 5.92 Å². The minimum Gasteiger partial charge on any atom is -0.329 e. The Morgan fingerprint density at radius 2 is 2.04 bits per heavy atom. The number of aryl methyl sites for hydroxylation is 1. The van der Waals surface area contributed by atoms with Crippen LogP contribution in [0, 0.1) is 11.7 Å². The summed E-state index contributed by atoms with van der Waals surface area (Å²) in [5.41, 5.74) is 4.03. The van der Waals surface area contributed by atoms with Gasteiger partial charge < -0.3 is 5.32 Å². The van der Waals surface area contributed by atoms with E-state index in [-0.39, 0.29) is 23.8 Å². The Balaban J connectivity index is 1.79. The molecule has 1 aliphatic carbocycles. The third-order valence-electron chi connectivity index (χ3n) is 4.58. The van der Waals surface area contributed by atoms with Gasteiger partial charge in [0.15, 0.2) is 0 Å². The van der Waals surface area contributed by atoms with Gasteiger partial charge >= 0.3 is 6.03 Å². The minimum absolute atomic E-state index is 0.111. The molecule has 2 amide bonds. The van der Waals surface area contributed by atoms with Crippen LogP contribution in [0.5, 0.6) is 0 Å². The second kappa shape index (κ2) is 5.57. The number of carbonyl (C=O) groups is 1. The largest absolute Gasteiger partial charge is 0.341 e. The smallest absolute Gasteiger partial charge is 0.329 e. The summed E-state index contributed by atoms with van der Waals surface area (Å²) in [6, 6.07) is 12.5. The van der Waals surface area contributed by atoms with Gasteiger partial charge in [0.2, 0.25) is 0 Å². The fourth-order valence-corrected chi connectivity index (χ4v) is 3.90. The molecular formula is C18H14BrFN2O. The molecule has 2 aliphatic rings. The number of hydrogen-bond acceptors (Lipinski definition) is 1. The quantitative estimate of drug-likeness (QED) is 0.791. The number of amides is 2. The highest BCUT2D eigenvalue weighted by Gasteiger charge is 2.37. The number of aliphatic imine (C=N–C) groups is 1. The van der Waals surface area contributed by atoms with Crippen LogP contribution in [-0.4, -0.2) is 11.7 Å². The Morgan fingerprint density at radius 1 is 1.22 bits per heavy atom. The summed E-state index contributed by atoms with van der Waals surface area (Å²) < 4.78 is 13.9. The van der Waals surface area contributed by atoms with Crippen LogP contribution in [0.4, 0.5) is 9.18 Å². The number of nitrogens with one attached hydrogen (secondary N) is 1. The summed E-state index contributed by atoms with van der Waals surface area (Å²) in [6.45, 7) is 0. The van der Waals surface area contributed by atoms with E-state index in [1.807, 2.05) is 18.2 Å². The zero-order valence-corrected chi connectivity index (χ0v) is 13.8. The molecule has 23 heavy (non-hydrogen) atoms. The van der Waals surface area contributed by atoms with Gasteiger partial charge in [0.25, 0.3) is 0 Å². The topological polar surface area (TPSA) is 41.5 Å². The number of urea groups is 1. The van der Waals surface area contributed by atoms with Crippen molar-refractivity contribution in [1.29, 1.82) is 0 Å². The molecule has 1 aliphatic heterocycles. The van der Waals surface area contributed by atoms with Crippen LogP contribution in [0.2, 0.25) is 0 Å². The van der Waals surface area contributed by atoms with Crippen LogP contribution >= 0.6 is 15.9 Å². The Labute approximate surface area is 141 Å². The average molecular weight is 373 g/mol. The lowest BCUT2D eigenvalue weighted by Crippen LogP contribution is -2.43. The van der Waals surface area contributed by atoms with Crippen LogP contribution in [0.25, 0.3) is 0 Å². The maximum atomic E-state index is 13.5. The lowest BCUT2D eigenvalue weighted by Gasteiger charge is -2.36. The highest BCUT2D eigenvalue weighted by atomic mass is 79.9. The van der Waals surface area contributed by atoms with Gasteiger partial charge in [-0.05, 0) is 57.6 Å². The molecule has 0 spiro atoms. The maximum Gasteiger partial charge on any atom is 0.341 e. The molecule has 2 aromatic rings. The van der Waals surface area contributed by atoms with Gasteiger partial charge in [-0.25, -0.2) is 9.18 Å². The molecule has 2 unspecified atom stereocenters. The molecule has 0 bridgehead atoms. The lowest BCUT2D eigenvalue weighted by molar-refractivity contribution is 0.239. The monoisotopic (exact) mass is 372 g/mol. The van der Waals surface area contributed by atoms with E-state index in [9.17, 15) is 9.18 Å². The third kappa shape index (κ3) is 2.49. The molecule has 0 saturated heterocycles. The molecule has 0 radical (unpaired) electrons. The van der Waals surface area contributed by atoms with Gasteiger partial charge in [-0.1, -0.05) is 30.3 Å². The van der Waals surface area contributed by atoms with Crippen LogP contribution in [0.15, 0.2) is 51.9 Å². The van der Waals surface area contributed by atoms with Crippen LogP contribution in [0.1, 0.15) is 29.2 Å². The lowest BCUT2D eigenvalue weighted by atomic mass is 9.75. The molecule has 0 aromatic heterocycles. The van der Waals surface area contributed by atoms with Crippen LogP contribution in [-0.2, 0) is 6.42 Å². The van der Waals surface area contributed by atoms with Crippen molar-refractivity contribution in [3.63, 3.8) is 0 Å². The van der Waals surface area contributed by atoms with Crippen molar-refractivity contribution in [2.75, 3.05) is 0 Å². The van der Waals surface area contributed by atoms with E-state index in [0.29, 0.717) is 4.47 Å². The van der Waals surface area contributed by atoms with E-state index >= 15 is 0 Å². The molecular weight excluding hydrogens is 359 g/mol. The number of rotatable bonds is 1. The Kier molecular flexibility index (Phi) is 3.53. The van der Waals surface area contributed by atoms with Gasteiger partial charge in [0.1, 0.15) is 5.82 Å². The first-order valence-electron chi connectivity index (χ1n) is 7.56. The van der Waals surface area contributed by atoms with E-state index in [1.54, 1.807) is 12.1 Å². The SMILES string of the molecule is O=C1N=C2c3ccccc3CCC2C(c2ccc(F)c(Br)c2)N1. The second-order valence-electron chi connectivity index (χ2n) is 5.90. The van der Waals surface area contributed by atoms with Crippen LogP contribution in [0.3, 0.4) is 0 Å². The first-order valence-corrected chi connectivity index (χ1v) is 8.35. The molecule has 0 saturated carbocycles. The molecule has 5 heteroatoms. The zero-order chi connectivity index (χ0) is 16.0. The van der Waals surface area contributed by atoms with E-state index in [0.717, 1.165) is 29.7 Å². The van der Waals surface area contributed by atoms with Crippen molar-refractivity contribution in [1.82, 2.24) is 5.32 Å². The number of hydrogen-bond donors (Lipinski definition) is 1. The molecule has 2 aromatic carbocycles. The molecule has 0 fully saturated rings. The molecule has 1 heterocycles. The second-order valence-corrected chi connectivity index (χ2v) is 6.75. The number of nitrogens with zero attached hydrogens (tertiary/aromatic N) is 1. The van der Waals surface area contributed by atoms with Gasteiger partial charge in [-0.3, -0.25) is 0 Å². The summed E-state index contributed by atoms with van der Waals surface area (Å²) in [7, 11) is 0. The van der Waals surface area contributed by atoms with Gasteiger partial charge in [-0.15, -0.1) is 0 Å². The van der Waals surface area contributed by atoms with E-state index in [2.05, 4.69) is 32.3 Å². The van der Waals surface area contributed by atoms with Gasteiger partial charge in [0.05, 0.1) is 16.2 Å². The summed E-state index contributed by atoms with van der Waals surface area (Å²) in [4.78, 5) is 16.3. The molecule has 1 N–H and O–H groups in total. The number of carbonyl (C=O) groups excluding carboxylic acids is 1. The fourth-order valence-electron chi connectivity index (χ4n) is 3.50. The van der Waals surface area contributed by atoms with E-state index in [4.69, 9.17) is 0 Å². The Morgan fingerprint density at radius 3 is 2.87 bits per heavy atom. The normalized spacial score (nSPS) is 22.7. The van der Waals surface area contributed by atoms with Crippen molar-refractivity contribution < 1.29 is 9.18 Å². The Hall–Kier alpha value is -2.01. The number of benzene rings is 2. The maximum absolute atomic E-state index is 13.5. The fraction of sp³-hybridized carbons (Fsp3) is 0.222. The zero-order valence-electron chi connectivity index (χ0n) is 12.2. The predicted octanol–water partition coefficient (Wildman–Crippen LogP) is 4.40. The first-order chi connectivity index (χ1) is 11.1. The first kappa shape index (κ1) is 14.6.